The number of anilines is 2. The van der Waals surface area contributed by atoms with E-state index >= 15 is 0 Å². The molecular weight excluding hydrogens is 430 g/mol. The highest BCUT2D eigenvalue weighted by Gasteiger charge is 2.49. The minimum Gasteiger partial charge on any atom is -0.497 e. The highest BCUT2D eigenvalue weighted by molar-refractivity contribution is 7.94. The average Bonchev–Trinajstić information content (AvgIpc) is 2.95. The van der Waals surface area contributed by atoms with Gasteiger partial charge in [-0.3, -0.25) is 9.59 Å². The summed E-state index contributed by atoms with van der Waals surface area (Å²) in [4.78, 5) is 29.5. The number of rotatable bonds is 4. The van der Waals surface area contributed by atoms with Gasteiger partial charge in [-0.1, -0.05) is 0 Å². The van der Waals surface area contributed by atoms with Crippen LogP contribution in [0.3, 0.4) is 0 Å². The molecule has 2 aliphatic rings. The Labute approximate surface area is 188 Å². The lowest BCUT2D eigenvalue weighted by Gasteiger charge is -2.36. The Morgan fingerprint density at radius 2 is 1.47 bits per heavy atom. The Hall–Kier alpha value is -3.07. The van der Waals surface area contributed by atoms with Crippen molar-refractivity contribution in [3.63, 3.8) is 0 Å². The zero-order chi connectivity index (χ0) is 23.1. The molecule has 0 spiro atoms. The summed E-state index contributed by atoms with van der Waals surface area (Å²) in [6.45, 7) is 5.84. The van der Waals surface area contributed by atoms with Crippen LogP contribution in [-0.2, 0) is 14.8 Å². The van der Waals surface area contributed by atoms with E-state index in [-0.39, 0.29) is 17.3 Å². The molecule has 0 aliphatic carbocycles. The van der Waals surface area contributed by atoms with Crippen LogP contribution in [0.2, 0.25) is 0 Å². The van der Waals surface area contributed by atoms with E-state index < -0.39 is 21.3 Å². The van der Waals surface area contributed by atoms with Gasteiger partial charge in [-0.25, -0.2) is 12.7 Å². The number of carbonyl (C=O) groups excluding carboxylic acids is 2. The van der Waals surface area contributed by atoms with Gasteiger partial charge in [-0.15, -0.1) is 0 Å². The Balaban J connectivity index is 1.42. The van der Waals surface area contributed by atoms with Gasteiger partial charge < -0.3 is 14.5 Å². The smallest absolute Gasteiger partial charge is 0.253 e. The third-order valence-corrected chi connectivity index (χ3v) is 7.96. The second-order valence-corrected chi connectivity index (χ2v) is 10.6. The van der Waals surface area contributed by atoms with Gasteiger partial charge in [-0.2, -0.15) is 0 Å². The van der Waals surface area contributed by atoms with Crippen LogP contribution in [0.1, 0.15) is 24.2 Å². The number of sulfonamides is 1. The first-order valence-corrected chi connectivity index (χ1v) is 12.1. The Kier molecular flexibility index (Phi) is 5.62. The zero-order valence-corrected chi connectivity index (χ0v) is 19.3. The van der Waals surface area contributed by atoms with Gasteiger partial charge >= 0.3 is 0 Å². The monoisotopic (exact) mass is 457 g/mol. The number of piperazine rings is 1. The number of methoxy groups -OCH3 is 1. The molecule has 2 heterocycles. The van der Waals surface area contributed by atoms with Crippen molar-refractivity contribution in [3.8, 4) is 5.75 Å². The predicted molar refractivity (Wildman–Crippen MR) is 123 cm³/mol. The summed E-state index contributed by atoms with van der Waals surface area (Å²) in [5, 5.41) is 0. The highest BCUT2D eigenvalue weighted by atomic mass is 32.2. The van der Waals surface area contributed by atoms with Gasteiger partial charge in [0.2, 0.25) is 15.9 Å². The molecule has 0 N–H and O–H groups in total. The quantitative estimate of drug-likeness (QED) is 0.701. The molecule has 2 amide bonds. The molecule has 170 valence electrons. The lowest BCUT2D eigenvalue weighted by atomic mass is 9.95. The van der Waals surface area contributed by atoms with Crippen LogP contribution in [-0.4, -0.2) is 64.2 Å². The van der Waals surface area contributed by atoms with Crippen molar-refractivity contribution in [1.82, 2.24) is 4.90 Å². The zero-order valence-electron chi connectivity index (χ0n) is 18.4. The summed E-state index contributed by atoms with van der Waals surface area (Å²) in [6.07, 6.45) is 0. The van der Waals surface area contributed by atoms with Gasteiger partial charge in [-0.05, 0) is 62.4 Å². The van der Waals surface area contributed by atoms with Crippen molar-refractivity contribution in [2.24, 2.45) is 5.41 Å². The number of hydrogen-bond donors (Lipinski definition) is 0. The largest absolute Gasteiger partial charge is 0.497 e. The fourth-order valence-corrected chi connectivity index (χ4v) is 6.25. The summed E-state index contributed by atoms with van der Waals surface area (Å²) in [5.74, 6) is 0.0175. The summed E-state index contributed by atoms with van der Waals surface area (Å²) in [5.41, 5.74) is 0.856. The highest BCUT2D eigenvalue weighted by Crippen LogP contribution is 2.35. The van der Waals surface area contributed by atoms with E-state index in [1.165, 1.54) is 12.1 Å². The minimum absolute atomic E-state index is 0.109. The molecule has 0 aromatic heterocycles. The molecule has 2 saturated heterocycles. The Morgan fingerprint density at radius 3 is 1.97 bits per heavy atom. The normalized spacial score (nSPS) is 19.8. The van der Waals surface area contributed by atoms with Crippen LogP contribution in [0.5, 0.6) is 5.75 Å². The Morgan fingerprint density at radius 1 is 0.906 bits per heavy atom. The molecule has 0 saturated carbocycles. The van der Waals surface area contributed by atoms with E-state index in [9.17, 15) is 18.0 Å². The van der Waals surface area contributed by atoms with Gasteiger partial charge in [0.1, 0.15) is 5.75 Å². The summed E-state index contributed by atoms with van der Waals surface area (Å²) < 4.78 is 31.0. The molecule has 2 fully saturated rings. The average molecular weight is 458 g/mol. The van der Waals surface area contributed by atoms with Crippen molar-refractivity contribution in [3.05, 3.63) is 54.1 Å². The molecule has 2 aromatic carbocycles. The SMILES string of the molecule is COc1ccc(N2CCN(C(=O)c3ccc(N4C(=O)C(C)(C)CS4(=O)=O)cc3)CC2)cc1. The van der Waals surface area contributed by atoms with Crippen molar-refractivity contribution < 1.29 is 22.7 Å². The molecule has 4 rings (SSSR count). The first kappa shape index (κ1) is 22.1. The molecule has 0 radical (unpaired) electrons. The van der Waals surface area contributed by atoms with E-state index in [0.717, 1.165) is 15.7 Å². The van der Waals surface area contributed by atoms with E-state index in [1.54, 1.807) is 38.0 Å². The second-order valence-electron chi connectivity index (χ2n) is 8.73. The summed E-state index contributed by atoms with van der Waals surface area (Å²) in [6, 6.07) is 14.1. The van der Waals surface area contributed by atoms with Crippen molar-refractivity contribution in [2.45, 2.75) is 13.8 Å². The van der Waals surface area contributed by atoms with Crippen molar-refractivity contribution in [2.75, 3.05) is 48.2 Å². The molecule has 0 bridgehead atoms. The number of carbonyl (C=O) groups is 2. The van der Waals surface area contributed by atoms with Crippen LogP contribution in [0, 0.1) is 5.41 Å². The number of benzene rings is 2. The Bertz CT molecular complexity index is 1120. The van der Waals surface area contributed by atoms with Crippen LogP contribution in [0.15, 0.2) is 48.5 Å². The number of nitrogens with zero attached hydrogens (tertiary/aromatic N) is 3. The lowest BCUT2D eigenvalue weighted by molar-refractivity contribution is -0.123. The summed E-state index contributed by atoms with van der Waals surface area (Å²) in [7, 11) is -2.08. The molecule has 32 heavy (non-hydrogen) atoms. The molecule has 2 aromatic rings. The minimum atomic E-state index is -3.71. The van der Waals surface area contributed by atoms with Gasteiger partial charge in [0, 0.05) is 37.4 Å². The fraction of sp³-hybridized carbons (Fsp3) is 0.391. The molecule has 2 aliphatic heterocycles. The maximum atomic E-state index is 12.9. The van der Waals surface area contributed by atoms with E-state index in [2.05, 4.69) is 4.90 Å². The first-order valence-electron chi connectivity index (χ1n) is 10.5. The van der Waals surface area contributed by atoms with Gasteiger partial charge in [0.25, 0.3) is 5.91 Å². The first-order chi connectivity index (χ1) is 15.1. The topological polar surface area (TPSA) is 87.2 Å². The molecule has 0 atom stereocenters. The number of hydrogen-bond acceptors (Lipinski definition) is 6. The second kappa shape index (κ2) is 8.12. The molecular formula is C23H27N3O5S. The standard InChI is InChI=1S/C23H27N3O5S/c1-23(2)16-32(29,30)26(22(23)28)19-6-4-17(5-7-19)21(27)25-14-12-24(13-15-25)18-8-10-20(31-3)11-9-18/h4-11H,12-16H2,1-3H3. The van der Waals surface area contributed by atoms with Crippen LogP contribution in [0.4, 0.5) is 11.4 Å². The van der Waals surface area contributed by atoms with Crippen LogP contribution < -0.4 is 13.9 Å². The van der Waals surface area contributed by atoms with Crippen LogP contribution in [0.25, 0.3) is 0 Å². The van der Waals surface area contributed by atoms with E-state index in [4.69, 9.17) is 4.74 Å². The van der Waals surface area contributed by atoms with Crippen molar-refractivity contribution in [1.29, 1.82) is 0 Å². The maximum absolute atomic E-state index is 12.9. The maximum Gasteiger partial charge on any atom is 0.253 e. The van der Waals surface area contributed by atoms with Crippen LogP contribution >= 0.6 is 0 Å². The third kappa shape index (κ3) is 4.04. The van der Waals surface area contributed by atoms with Gasteiger partial charge in [0.15, 0.2) is 0 Å². The van der Waals surface area contributed by atoms with Gasteiger partial charge in [0.05, 0.1) is 24.0 Å². The number of ether oxygens (including phenoxy) is 1. The molecule has 8 nitrogen and oxygen atoms in total. The molecule has 0 unspecified atom stereocenters. The predicted octanol–water partition coefficient (Wildman–Crippen LogP) is 2.36. The summed E-state index contributed by atoms with van der Waals surface area (Å²) >= 11 is 0. The lowest BCUT2D eigenvalue weighted by Crippen LogP contribution is -2.48. The number of amides is 2. The van der Waals surface area contributed by atoms with E-state index in [1.807, 2.05) is 24.3 Å². The fourth-order valence-electron chi connectivity index (χ4n) is 4.14. The van der Waals surface area contributed by atoms with E-state index in [0.29, 0.717) is 31.7 Å². The molecule has 9 heteroatoms. The third-order valence-electron chi connectivity index (χ3n) is 5.94. The van der Waals surface area contributed by atoms with Crippen molar-refractivity contribution >= 4 is 33.2 Å².